The molecule has 0 N–H and O–H groups in total. The molecule has 4 aliphatic rings. The van der Waals surface area contributed by atoms with Crippen molar-refractivity contribution in [2.75, 3.05) is 0 Å². The van der Waals surface area contributed by atoms with E-state index in [0.29, 0.717) is 10.8 Å². The van der Waals surface area contributed by atoms with Crippen molar-refractivity contribution in [1.29, 1.82) is 0 Å². The molecule has 2 unspecified atom stereocenters. The van der Waals surface area contributed by atoms with E-state index in [1.54, 1.807) is 11.1 Å². The maximum atomic E-state index is 4.89. The van der Waals surface area contributed by atoms with Gasteiger partial charge in [-0.1, -0.05) is 66.7 Å². The summed E-state index contributed by atoms with van der Waals surface area (Å²) in [5, 5.41) is 9.78. The molecule has 2 nitrogen and oxygen atoms in total. The third kappa shape index (κ3) is 2.94. The number of hydrogen-bond donors (Lipinski definition) is 0. The maximum absolute atomic E-state index is 4.89. The van der Waals surface area contributed by atoms with Crippen molar-refractivity contribution in [2.45, 2.75) is 117 Å². The Bertz CT molecular complexity index is 783. The van der Waals surface area contributed by atoms with E-state index in [1.165, 1.54) is 82.0 Å². The van der Waals surface area contributed by atoms with E-state index in [4.69, 9.17) is 10.2 Å². The summed E-state index contributed by atoms with van der Waals surface area (Å²) < 4.78 is 0. The van der Waals surface area contributed by atoms with Gasteiger partial charge in [0.15, 0.2) is 0 Å². The SMILES string of the molecule is CC(C)CCC[C@@H](C)[C@H]1Cc2nnc3c4c2[C@]1(C)CCC4[C@@]1(C)CCCCC1C3. The monoisotopic (exact) mass is 394 g/mol. The van der Waals surface area contributed by atoms with Gasteiger partial charge < -0.3 is 0 Å². The third-order valence-corrected chi connectivity index (χ3v) is 10.1. The van der Waals surface area contributed by atoms with Crippen LogP contribution in [0.25, 0.3) is 0 Å². The van der Waals surface area contributed by atoms with Crippen LogP contribution in [0.5, 0.6) is 0 Å². The third-order valence-electron chi connectivity index (χ3n) is 10.1. The fraction of sp³-hybridized carbons (Fsp3) is 0.852. The van der Waals surface area contributed by atoms with E-state index in [-0.39, 0.29) is 0 Å². The van der Waals surface area contributed by atoms with E-state index in [9.17, 15) is 0 Å². The standard InChI is InChI=1S/C27H42N2/c1-17(2)9-8-10-18(3)21-16-23-25-24-20(12-14-27(21,25)5)26(4)13-7-6-11-19(26)15-22(24)28-29-23/h17-21H,6-16H2,1-5H3/t18-,19?,20?,21-,26+,27-/m1/s1. The van der Waals surface area contributed by atoms with Crippen LogP contribution in [0.1, 0.15) is 121 Å². The van der Waals surface area contributed by atoms with Crippen molar-refractivity contribution in [1.82, 2.24) is 10.2 Å². The summed E-state index contributed by atoms with van der Waals surface area (Å²) in [6.45, 7) is 12.5. The van der Waals surface area contributed by atoms with Crippen LogP contribution in [-0.2, 0) is 18.3 Å². The largest absolute Gasteiger partial charge is 0.155 e. The molecule has 6 atom stereocenters. The van der Waals surface area contributed by atoms with Crippen molar-refractivity contribution >= 4 is 0 Å². The topological polar surface area (TPSA) is 25.8 Å². The predicted octanol–water partition coefficient (Wildman–Crippen LogP) is 7.00. The van der Waals surface area contributed by atoms with Gasteiger partial charge in [-0.2, -0.15) is 10.2 Å². The van der Waals surface area contributed by atoms with Crippen molar-refractivity contribution < 1.29 is 0 Å². The normalized spacial score (nSPS) is 38.6. The van der Waals surface area contributed by atoms with Gasteiger partial charge in [0.25, 0.3) is 0 Å². The molecule has 0 spiro atoms. The first-order valence-corrected chi connectivity index (χ1v) is 12.7. The maximum Gasteiger partial charge on any atom is 0.0674 e. The number of aromatic nitrogens is 2. The van der Waals surface area contributed by atoms with Crippen LogP contribution in [0.3, 0.4) is 0 Å². The summed E-state index contributed by atoms with van der Waals surface area (Å²) in [7, 11) is 0. The summed E-state index contributed by atoms with van der Waals surface area (Å²) in [5.74, 6) is 3.99. The van der Waals surface area contributed by atoms with Crippen LogP contribution in [-0.4, -0.2) is 10.2 Å². The van der Waals surface area contributed by atoms with Crippen molar-refractivity contribution in [3.05, 3.63) is 22.5 Å². The molecule has 0 aromatic carbocycles. The fourth-order valence-electron chi connectivity index (χ4n) is 8.34. The lowest BCUT2D eigenvalue weighted by Gasteiger charge is -2.55. The Hall–Kier alpha value is -0.920. The van der Waals surface area contributed by atoms with Gasteiger partial charge in [0, 0.05) is 0 Å². The van der Waals surface area contributed by atoms with E-state index < -0.39 is 0 Å². The quantitative estimate of drug-likeness (QED) is 0.537. The average molecular weight is 395 g/mol. The summed E-state index contributed by atoms with van der Waals surface area (Å²) in [6, 6.07) is 0. The second-order valence-corrected chi connectivity index (χ2v) is 12.2. The van der Waals surface area contributed by atoms with Gasteiger partial charge in [-0.25, -0.2) is 0 Å². The van der Waals surface area contributed by atoms with Gasteiger partial charge in [-0.3, -0.25) is 0 Å². The lowest BCUT2D eigenvalue weighted by Crippen LogP contribution is -2.47. The summed E-state index contributed by atoms with van der Waals surface area (Å²) in [6.07, 6.45) is 15.0. The Morgan fingerprint density at radius 1 is 0.931 bits per heavy atom. The Labute approximate surface area is 178 Å². The van der Waals surface area contributed by atoms with Gasteiger partial charge in [-0.15, -0.1) is 0 Å². The molecular formula is C27H42N2. The van der Waals surface area contributed by atoms with Crippen LogP contribution in [0.4, 0.5) is 0 Å². The highest BCUT2D eigenvalue weighted by molar-refractivity contribution is 5.50. The zero-order valence-electron chi connectivity index (χ0n) is 19.6. The molecule has 0 saturated heterocycles. The molecule has 0 bridgehead atoms. The molecule has 2 heteroatoms. The van der Waals surface area contributed by atoms with E-state index in [0.717, 1.165) is 29.6 Å². The smallest absolute Gasteiger partial charge is 0.0674 e. The Kier molecular flexibility index (Phi) is 4.87. The highest BCUT2D eigenvalue weighted by atomic mass is 15.1. The lowest BCUT2D eigenvalue weighted by molar-refractivity contribution is 0.0464. The minimum absolute atomic E-state index is 0.348. The van der Waals surface area contributed by atoms with Gasteiger partial charge in [0.05, 0.1) is 11.4 Å². The molecule has 1 heterocycles. The summed E-state index contributed by atoms with van der Waals surface area (Å²) in [4.78, 5) is 0. The minimum atomic E-state index is 0.348. The summed E-state index contributed by atoms with van der Waals surface area (Å²) in [5.41, 5.74) is 7.06. The van der Waals surface area contributed by atoms with Crippen LogP contribution < -0.4 is 0 Å². The molecule has 1 fully saturated rings. The van der Waals surface area contributed by atoms with Crippen LogP contribution >= 0.6 is 0 Å². The highest BCUT2D eigenvalue weighted by Crippen LogP contribution is 2.64. The highest BCUT2D eigenvalue weighted by Gasteiger charge is 2.57. The first-order valence-electron chi connectivity index (χ1n) is 12.7. The zero-order chi connectivity index (χ0) is 20.4. The van der Waals surface area contributed by atoms with Crippen LogP contribution in [0.2, 0.25) is 0 Å². The van der Waals surface area contributed by atoms with Gasteiger partial charge in [0.1, 0.15) is 0 Å². The van der Waals surface area contributed by atoms with Gasteiger partial charge >= 0.3 is 0 Å². The molecule has 4 aliphatic carbocycles. The molecule has 29 heavy (non-hydrogen) atoms. The number of rotatable bonds is 5. The minimum Gasteiger partial charge on any atom is -0.155 e. The van der Waals surface area contributed by atoms with Crippen molar-refractivity contribution in [2.24, 2.45) is 29.1 Å². The predicted molar refractivity (Wildman–Crippen MR) is 120 cm³/mol. The fourth-order valence-corrected chi connectivity index (χ4v) is 8.34. The number of nitrogens with zero attached hydrogens (tertiary/aromatic N) is 2. The lowest BCUT2D eigenvalue weighted by atomic mass is 9.49. The molecule has 5 rings (SSSR count). The van der Waals surface area contributed by atoms with Crippen molar-refractivity contribution in [3.63, 3.8) is 0 Å². The molecule has 0 radical (unpaired) electrons. The molecule has 160 valence electrons. The van der Waals surface area contributed by atoms with E-state index >= 15 is 0 Å². The van der Waals surface area contributed by atoms with Gasteiger partial charge in [0.2, 0.25) is 0 Å². The Morgan fingerprint density at radius 3 is 2.52 bits per heavy atom. The zero-order valence-corrected chi connectivity index (χ0v) is 19.6. The number of fused-ring (bicyclic) bond motifs is 2. The van der Waals surface area contributed by atoms with Crippen molar-refractivity contribution in [3.8, 4) is 0 Å². The first kappa shape index (κ1) is 20.0. The van der Waals surface area contributed by atoms with Gasteiger partial charge in [-0.05, 0) is 90.1 Å². The second-order valence-electron chi connectivity index (χ2n) is 12.2. The molecule has 1 saturated carbocycles. The number of hydrogen-bond acceptors (Lipinski definition) is 2. The van der Waals surface area contributed by atoms with E-state index in [2.05, 4.69) is 34.6 Å². The second kappa shape index (κ2) is 7.06. The molecule has 0 aliphatic heterocycles. The Morgan fingerprint density at radius 2 is 1.72 bits per heavy atom. The Balaban J connectivity index is 1.49. The molecule has 1 aromatic heterocycles. The molecule has 0 amide bonds. The summed E-state index contributed by atoms with van der Waals surface area (Å²) >= 11 is 0. The van der Waals surface area contributed by atoms with E-state index in [1.807, 2.05) is 0 Å². The average Bonchev–Trinajstić information content (AvgIpc) is 2.99. The first-order chi connectivity index (χ1) is 13.8. The molecule has 1 aromatic rings. The molecular weight excluding hydrogens is 352 g/mol. The van der Waals surface area contributed by atoms with Crippen LogP contribution in [0, 0.1) is 29.1 Å². The van der Waals surface area contributed by atoms with Crippen LogP contribution in [0.15, 0.2) is 0 Å².